The van der Waals surface area contributed by atoms with E-state index in [0.29, 0.717) is 60.6 Å². The summed E-state index contributed by atoms with van der Waals surface area (Å²) in [6, 6.07) is 8.97. The van der Waals surface area contributed by atoms with Gasteiger partial charge in [0.25, 0.3) is 0 Å². The Labute approximate surface area is 252 Å². The number of ketones is 1. The molecule has 1 aliphatic heterocycles. The Kier molecular flexibility index (Phi) is 10.1. The number of carboxylic acids is 2. The number of hydrogen-bond acceptors (Lipinski definition) is 9. The summed E-state index contributed by atoms with van der Waals surface area (Å²) < 4.78 is 23.8. The van der Waals surface area contributed by atoms with Crippen molar-refractivity contribution in [3.63, 3.8) is 0 Å². The molecule has 1 aliphatic rings. The number of benzene rings is 2. The molecule has 230 valence electrons. The summed E-state index contributed by atoms with van der Waals surface area (Å²) in [5, 5.41) is 19.1. The van der Waals surface area contributed by atoms with Crippen LogP contribution < -0.4 is 18.9 Å². The molecule has 0 bridgehead atoms. The number of hydrogen-bond donors (Lipinski definition) is 2. The molecule has 2 N–H and O–H groups in total. The molecular formula is C31H35NO10S. The van der Waals surface area contributed by atoms with Crippen molar-refractivity contribution < 1.29 is 48.3 Å². The van der Waals surface area contributed by atoms with Crippen LogP contribution in [0, 0.1) is 11.8 Å². The Morgan fingerprint density at radius 2 is 1.51 bits per heavy atom. The third-order valence-electron chi connectivity index (χ3n) is 7.27. The number of fused-ring (bicyclic) bond motifs is 2. The molecule has 0 saturated heterocycles. The molecule has 0 spiro atoms. The molecule has 11 nitrogen and oxygen atoms in total. The van der Waals surface area contributed by atoms with Gasteiger partial charge < -0.3 is 34.1 Å². The average Bonchev–Trinajstić information content (AvgIpc) is 3.60. The summed E-state index contributed by atoms with van der Waals surface area (Å²) in [5.41, 5.74) is 1.76. The van der Waals surface area contributed by atoms with Crippen LogP contribution in [-0.4, -0.2) is 66.2 Å². The van der Waals surface area contributed by atoms with Gasteiger partial charge in [-0.2, -0.15) is 0 Å². The van der Waals surface area contributed by atoms with E-state index < -0.39 is 23.8 Å². The van der Waals surface area contributed by atoms with Gasteiger partial charge in [0.15, 0.2) is 17.3 Å². The van der Waals surface area contributed by atoms with Gasteiger partial charge in [0.05, 0.1) is 44.1 Å². The summed E-state index contributed by atoms with van der Waals surface area (Å²) in [7, 11) is 3.09. The van der Waals surface area contributed by atoms with Crippen LogP contribution in [0.2, 0.25) is 0 Å². The van der Waals surface area contributed by atoms with Crippen LogP contribution in [0.15, 0.2) is 30.3 Å². The van der Waals surface area contributed by atoms with Crippen LogP contribution in [0.3, 0.4) is 0 Å². The Morgan fingerprint density at radius 1 is 0.837 bits per heavy atom. The highest BCUT2D eigenvalue weighted by molar-refractivity contribution is 7.20. The molecule has 2 atom stereocenters. The van der Waals surface area contributed by atoms with E-state index in [1.807, 2.05) is 6.07 Å². The van der Waals surface area contributed by atoms with Gasteiger partial charge in [-0.25, -0.2) is 0 Å². The van der Waals surface area contributed by atoms with Crippen molar-refractivity contribution in [3.8, 4) is 23.0 Å². The Bertz CT molecular complexity index is 1530. The zero-order chi connectivity index (χ0) is 31.3. The first-order valence-electron chi connectivity index (χ1n) is 13.8. The van der Waals surface area contributed by atoms with Gasteiger partial charge in [-0.05, 0) is 29.1 Å². The lowest BCUT2D eigenvalue weighted by atomic mass is 10.0. The summed E-state index contributed by atoms with van der Waals surface area (Å²) >= 11 is 1.29. The zero-order valence-electron chi connectivity index (χ0n) is 24.5. The SMILES string of the molecule is COc1cc2c(c(OCCCOc3cc4cc(C(=O)CC(C)C(=O)O)sc4cc3OC)c1)CN(C(=O)CC(C)C(=O)O)C2. The first-order valence-corrected chi connectivity index (χ1v) is 14.7. The minimum Gasteiger partial charge on any atom is -0.497 e. The predicted octanol–water partition coefficient (Wildman–Crippen LogP) is 5.01. The lowest BCUT2D eigenvalue weighted by Gasteiger charge is -2.17. The molecule has 1 aromatic heterocycles. The number of rotatable bonds is 15. The molecule has 0 radical (unpaired) electrons. The van der Waals surface area contributed by atoms with Gasteiger partial charge in [0.2, 0.25) is 5.91 Å². The number of aliphatic carboxylic acids is 2. The number of amides is 1. The van der Waals surface area contributed by atoms with Crippen LogP contribution >= 0.6 is 11.3 Å². The van der Waals surface area contributed by atoms with Crippen molar-refractivity contribution in [3.05, 3.63) is 46.3 Å². The number of nitrogens with zero attached hydrogens (tertiary/aromatic N) is 1. The van der Waals surface area contributed by atoms with Gasteiger partial charge in [-0.1, -0.05) is 13.8 Å². The third-order valence-corrected chi connectivity index (χ3v) is 8.41. The van der Waals surface area contributed by atoms with E-state index in [4.69, 9.17) is 29.2 Å². The second-order valence-electron chi connectivity index (χ2n) is 10.5. The maximum absolute atomic E-state index is 12.7. The molecule has 0 fully saturated rings. The van der Waals surface area contributed by atoms with Crippen LogP contribution in [0.4, 0.5) is 0 Å². The Morgan fingerprint density at radius 3 is 2.16 bits per heavy atom. The van der Waals surface area contributed by atoms with Crippen LogP contribution in [0.1, 0.15) is 53.9 Å². The maximum atomic E-state index is 12.7. The number of carbonyl (C=O) groups excluding carboxylic acids is 2. The first kappa shape index (κ1) is 31.6. The largest absolute Gasteiger partial charge is 0.497 e. The minimum atomic E-state index is -1.01. The van der Waals surface area contributed by atoms with Crippen LogP contribution in [0.25, 0.3) is 10.1 Å². The fourth-order valence-corrected chi connectivity index (χ4v) is 5.72. The fourth-order valence-electron chi connectivity index (χ4n) is 4.70. The highest BCUT2D eigenvalue weighted by Gasteiger charge is 2.29. The standard InChI is InChI=1S/C31H35NO10S/c1-17(30(35)36)8-23(33)28-12-19-11-26(25(40-4)14-27(19)43-28)42-7-5-6-41-24-13-21(39-3)10-20-15-32(16-22(20)24)29(34)9-18(2)31(37)38/h10-14,17-18H,5-9,15-16H2,1-4H3,(H,35,36)(H,37,38). The van der Waals surface area contributed by atoms with Gasteiger partial charge in [0, 0.05) is 54.7 Å². The smallest absolute Gasteiger partial charge is 0.306 e. The van der Waals surface area contributed by atoms with Crippen molar-refractivity contribution in [1.82, 2.24) is 4.90 Å². The molecule has 43 heavy (non-hydrogen) atoms. The lowest BCUT2D eigenvalue weighted by molar-refractivity contribution is -0.145. The van der Waals surface area contributed by atoms with Gasteiger partial charge in [0.1, 0.15) is 11.5 Å². The van der Waals surface area contributed by atoms with E-state index in [1.54, 1.807) is 36.3 Å². The normalized spacial score (nSPS) is 13.7. The van der Waals surface area contributed by atoms with E-state index in [2.05, 4.69) is 0 Å². The quantitative estimate of drug-likeness (QED) is 0.177. The van der Waals surface area contributed by atoms with Crippen molar-refractivity contribution >= 4 is 45.1 Å². The molecule has 12 heteroatoms. The molecular weight excluding hydrogens is 578 g/mol. The number of thiophene rings is 1. The summed E-state index contributed by atoms with van der Waals surface area (Å²) in [6.45, 7) is 4.35. The summed E-state index contributed by atoms with van der Waals surface area (Å²) in [4.78, 5) is 49.7. The highest BCUT2D eigenvalue weighted by Crippen LogP contribution is 2.38. The van der Waals surface area contributed by atoms with E-state index in [9.17, 15) is 19.2 Å². The summed E-state index contributed by atoms with van der Waals surface area (Å²) in [5.74, 6) is -1.77. The van der Waals surface area contributed by atoms with Gasteiger partial charge in [-0.15, -0.1) is 11.3 Å². The van der Waals surface area contributed by atoms with Crippen molar-refractivity contribution in [1.29, 1.82) is 0 Å². The first-order chi connectivity index (χ1) is 20.5. The van der Waals surface area contributed by atoms with E-state index >= 15 is 0 Å². The van der Waals surface area contributed by atoms with Crippen molar-refractivity contribution in [2.24, 2.45) is 11.8 Å². The van der Waals surface area contributed by atoms with E-state index in [0.717, 1.165) is 21.2 Å². The number of methoxy groups -OCH3 is 2. The molecule has 2 unspecified atom stereocenters. The highest BCUT2D eigenvalue weighted by atomic mass is 32.1. The second-order valence-corrected chi connectivity index (χ2v) is 11.6. The summed E-state index contributed by atoms with van der Waals surface area (Å²) in [6.07, 6.45) is 0.389. The molecule has 0 saturated carbocycles. The lowest BCUT2D eigenvalue weighted by Crippen LogP contribution is -2.28. The molecule has 0 aliphatic carbocycles. The minimum absolute atomic E-state index is 0.0720. The van der Waals surface area contributed by atoms with Gasteiger partial charge >= 0.3 is 11.9 Å². The van der Waals surface area contributed by atoms with E-state index in [-0.39, 0.29) is 24.5 Å². The van der Waals surface area contributed by atoms with Crippen LogP contribution in [-0.2, 0) is 27.5 Å². The van der Waals surface area contributed by atoms with Crippen molar-refractivity contribution in [2.45, 2.75) is 46.2 Å². The molecule has 2 heterocycles. The second kappa shape index (κ2) is 13.8. The van der Waals surface area contributed by atoms with Crippen molar-refractivity contribution in [2.75, 3.05) is 27.4 Å². The van der Waals surface area contributed by atoms with Gasteiger partial charge in [-0.3, -0.25) is 19.2 Å². The van der Waals surface area contributed by atoms with E-state index in [1.165, 1.54) is 32.3 Å². The predicted molar refractivity (Wildman–Crippen MR) is 158 cm³/mol. The maximum Gasteiger partial charge on any atom is 0.306 e. The molecule has 3 aromatic rings. The molecule has 2 aromatic carbocycles. The topological polar surface area (TPSA) is 149 Å². The number of ether oxygens (including phenoxy) is 4. The average molecular weight is 614 g/mol. The Balaban J connectivity index is 1.36. The zero-order valence-corrected chi connectivity index (χ0v) is 25.3. The number of carbonyl (C=O) groups is 4. The molecule has 1 amide bonds. The van der Waals surface area contributed by atoms with Crippen LogP contribution in [0.5, 0.6) is 23.0 Å². The molecule has 4 rings (SSSR count). The number of carboxylic acid groups (broad SMARTS) is 2. The fraction of sp³-hybridized carbons (Fsp3) is 0.419. The monoisotopic (exact) mass is 613 g/mol. The third kappa shape index (κ3) is 7.56. The Hall–Kier alpha value is -4.32. The number of Topliss-reactive ketones (excluding diaryl/α,β-unsaturated/α-hetero) is 1.